The first-order chi connectivity index (χ1) is 21.9. The third kappa shape index (κ3) is 8.80. The van der Waals surface area contributed by atoms with Gasteiger partial charge in [-0.2, -0.15) is 0 Å². The van der Waals surface area contributed by atoms with E-state index in [0.29, 0.717) is 46.9 Å². The highest BCUT2D eigenvalue weighted by Gasteiger charge is 2.42. The summed E-state index contributed by atoms with van der Waals surface area (Å²) in [5.74, 6) is -0.520. The summed E-state index contributed by atoms with van der Waals surface area (Å²) < 4.78 is 31.9. The number of carbonyl (C=O) groups excluding carboxylic acids is 2. The van der Waals surface area contributed by atoms with Crippen LogP contribution in [0, 0.1) is 5.82 Å². The molecule has 0 saturated carbocycles. The van der Waals surface area contributed by atoms with E-state index in [4.69, 9.17) is 16.2 Å². The maximum atomic E-state index is 15.1. The van der Waals surface area contributed by atoms with Gasteiger partial charge in [-0.1, -0.05) is 36.4 Å². The van der Waals surface area contributed by atoms with Crippen LogP contribution in [0.5, 0.6) is 0 Å². The number of halogens is 1. The molecule has 3 aromatic rings. The monoisotopic (exact) mass is 676 g/mol. The summed E-state index contributed by atoms with van der Waals surface area (Å²) in [5.41, 5.74) is 14.5. The van der Waals surface area contributed by atoms with E-state index in [-0.39, 0.29) is 13.1 Å². The Morgan fingerprint density at radius 3 is 2.41 bits per heavy atom. The second kappa shape index (κ2) is 15.5. The van der Waals surface area contributed by atoms with E-state index >= 15 is 4.39 Å². The smallest absolute Gasteiger partial charge is 0.414 e. The van der Waals surface area contributed by atoms with Crippen LogP contribution in [0.2, 0.25) is 0 Å². The molecule has 17 heteroatoms. The Morgan fingerprint density at radius 2 is 1.80 bits per heavy atom. The van der Waals surface area contributed by atoms with Crippen LogP contribution in [0.4, 0.5) is 25.4 Å². The van der Waals surface area contributed by atoms with Crippen LogP contribution in [-0.2, 0) is 22.3 Å². The summed E-state index contributed by atoms with van der Waals surface area (Å²) in [7, 11) is -6.76. The van der Waals surface area contributed by atoms with Gasteiger partial charge in [-0.15, -0.1) is 0 Å². The minimum absolute atomic E-state index is 0.0304. The molecule has 4 rings (SSSR count). The van der Waals surface area contributed by atoms with E-state index < -0.39 is 52.0 Å². The molecule has 1 aliphatic heterocycles. The average Bonchev–Trinajstić information content (AvgIpc) is 3.41. The predicted octanol–water partition coefficient (Wildman–Crippen LogP) is 2.44. The molecule has 0 bridgehead atoms. The molecule has 0 radical (unpaired) electrons. The van der Waals surface area contributed by atoms with Crippen molar-refractivity contribution >= 4 is 39.9 Å². The normalized spacial score (nSPS) is 17.0. The number of rotatable bonds is 13. The summed E-state index contributed by atoms with van der Waals surface area (Å²) >= 11 is 0. The lowest BCUT2D eigenvalue weighted by Crippen LogP contribution is -2.37. The Hall–Kier alpha value is -4.07. The molecule has 1 saturated heterocycles. The van der Waals surface area contributed by atoms with E-state index in [1.54, 1.807) is 24.3 Å². The molecular formula is C29H35FN6O8P2. The third-order valence-electron chi connectivity index (χ3n) is 7.10. The molecule has 14 nitrogen and oxygen atoms in total. The van der Waals surface area contributed by atoms with Crippen LogP contribution < -0.4 is 32.3 Å². The first-order valence-electron chi connectivity index (χ1n) is 13.9. The van der Waals surface area contributed by atoms with Crippen molar-refractivity contribution in [3.05, 3.63) is 95.6 Å². The first-order valence-corrected chi connectivity index (χ1v) is 16.5. The number of nitrogens with zero attached hydrogens (tertiary/aromatic N) is 1. The van der Waals surface area contributed by atoms with Crippen LogP contribution >= 0.6 is 16.4 Å². The van der Waals surface area contributed by atoms with Crippen molar-refractivity contribution in [1.29, 1.82) is 0 Å². The fourth-order valence-electron chi connectivity index (χ4n) is 4.56. The average molecular weight is 677 g/mol. The number of aliphatic hydroxyl groups is 1. The SMILES string of the molecule is N/C=C(\N)CNCc1ccc(-c2ccc(N3C[C@H](CNC(=O)Nc4ccc(CC(O)(P(O)O)[PH](=O)O)cc4)OC3=O)cc2F)cc1. The Kier molecular flexibility index (Phi) is 11.7. The lowest BCUT2D eigenvalue weighted by atomic mass is 10.0. The molecule has 3 atom stereocenters. The standard InChI is InChI=1S/C29H35FN6O8P2/c30-26-11-23(9-10-25(26)20-5-1-19(2-6-20)14-33-15-21(32)13-31)36-17-24(44-28(36)38)16-34-27(37)35-22-7-3-18(4-8-22)12-29(39,45(40)41)46(42)43/h1-11,13,24,33,39-41,46H,12,14-17,31-32H2,(H,42,43)(H2,34,35,37)/b21-13-/t24-,29?/m0/s1. The molecule has 46 heavy (non-hydrogen) atoms. The maximum absolute atomic E-state index is 15.1. The Balaban J connectivity index is 1.28. The van der Waals surface area contributed by atoms with Crippen LogP contribution in [-0.4, -0.2) is 62.7 Å². The van der Waals surface area contributed by atoms with Gasteiger partial charge in [0.1, 0.15) is 11.9 Å². The van der Waals surface area contributed by atoms with Gasteiger partial charge in [0.2, 0.25) is 21.5 Å². The molecule has 0 aromatic heterocycles. The number of anilines is 2. The first kappa shape index (κ1) is 34.8. The van der Waals surface area contributed by atoms with Gasteiger partial charge in [-0.05, 0) is 47.0 Å². The van der Waals surface area contributed by atoms with Crippen molar-refractivity contribution in [1.82, 2.24) is 10.6 Å². The van der Waals surface area contributed by atoms with Crippen molar-refractivity contribution in [2.75, 3.05) is 29.9 Å². The van der Waals surface area contributed by atoms with Crippen LogP contribution in [0.1, 0.15) is 11.1 Å². The van der Waals surface area contributed by atoms with Gasteiger partial charge >= 0.3 is 12.1 Å². The van der Waals surface area contributed by atoms with Gasteiger partial charge in [0.25, 0.3) is 0 Å². The zero-order valence-electron chi connectivity index (χ0n) is 24.4. The van der Waals surface area contributed by atoms with Gasteiger partial charge in [0.15, 0.2) is 0 Å². The number of ether oxygens (including phenoxy) is 1. The second-order valence-corrected chi connectivity index (χ2v) is 13.6. The topological polar surface area (TPSA) is 233 Å². The Labute approximate surface area is 265 Å². The zero-order valence-corrected chi connectivity index (χ0v) is 26.3. The summed E-state index contributed by atoms with van der Waals surface area (Å²) in [4.78, 5) is 54.2. The molecule has 11 N–H and O–H groups in total. The lowest BCUT2D eigenvalue weighted by molar-refractivity contribution is 0.141. The fourth-order valence-corrected chi connectivity index (χ4v) is 5.92. The minimum Gasteiger partial charge on any atom is -0.442 e. The molecule has 3 aromatic carbocycles. The highest BCUT2D eigenvalue weighted by Crippen LogP contribution is 2.55. The number of nitrogens with one attached hydrogen (secondary N) is 3. The van der Waals surface area contributed by atoms with Crippen molar-refractivity contribution < 1.29 is 43.1 Å². The molecular weight excluding hydrogens is 641 g/mol. The molecule has 1 fully saturated rings. The molecule has 246 valence electrons. The van der Waals surface area contributed by atoms with E-state index in [0.717, 1.165) is 5.56 Å². The highest BCUT2D eigenvalue weighted by atomic mass is 31.2. The summed E-state index contributed by atoms with van der Waals surface area (Å²) in [6, 6.07) is 17.0. The van der Waals surface area contributed by atoms with Gasteiger partial charge in [0, 0.05) is 42.7 Å². The van der Waals surface area contributed by atoms with Crippen LogP contribution in [0.15, 0.2) is 78.6 Å². The summed E-state index contributed by atoms with van der Waals surface area (Å²) in [5, 5.41) is 15.9. The van der Waals surface area contributed by atoms with Gasteiger partial charge in [-0.3, -0.25) is 9.46 Å². The molecule has 3 amide bonds. The molecule has 0 aliphatic carbocycles. The zero-order chi connectivity index (χ0) is 33.4. The Bertz CT molecular complexity index is 1600. The Morgan fingerprint density at radius 1 is 1.13 bits per heavy atom. The minimum atomic E-state index is -3.67. The van der Waals surface area contributed by atoms with E-state index in [1.807, 2.05) is 12.1 Å². The van der Waals surface area contributed by atoms with Crippen LogP contribution in [0.3, 0.4) is 0 Å². The second-order valence-electron chi connectivity index (χ2n) is 10.4. The van der Waals surface area contributed by atoms with Crippen molar-refractivity contribution in [2.45, 2.75) is 24.2 Å². The van der Waals surface area contributed by atoms with Gasteiger partial charge in [0.05, 0.1) is 18.8 Å². The van der Waals surface area contributed by atoms with Gasteiger partial charge < -0.3 is 51.9 Å². The van der Waals surface area contributed by atoms with E-state index in [9.17, 15) is 33.9 Å². The number of cyclic esters (lactones) is 1. The quantitative estimate of drug-likeness (QED) is 0.119. The number of carbonyl (C=O) groups is 2. The number of hydrogen-bond donors (Lipinski definition) is 9. The van der Waals surface area contributed by atoms with Crippen LogP contribution in [0.25, 0.3) is 11.1 Å². The number of benzene rings is 3. The predicted molar refractivity (Wildman–Crippen MR) is 172 cm³/mol. The summed E-state index contributed by atoms with van der Waals surface area (Å²) in [6.45, 7) is 1.05. The molecule has 0 spiro atoms. The van der Waals surface area contributed by atoms with Crippen molar-refractivity contribution in [2.24, 2.45) is 11.5 Å². The molecule has 1 aliphatic rings. The number of amides is 3. The van der Waals surface area contributed by atoms with E-state index in [1.165, 1.54) is 41.4 Å². The summed E-state index contributed by atoms with van der Waals surface area (Å²) in [6.07, 6.45) is -0.527. The maximum Gasteiger partial charge on any atom is 0.414 e. The number of nitrogens with two attached hydrogens (primary N) is 2. The van der Waals surface area contributed by atoms with Crippen molar-refractivity contribution in [3.63, 3.8) is 0 Å². The fraction of sp³-hybridized carbons (Fsp3) is 0.241. The lowest BCUT2D eigenvalue weighted by Gasteiger charge is -2.25. The number of hydrogen-bond acceptors (Lipinski definition) is 10. The molecule has 1 heterocycles. The molecule has 2 unspecified atom stereocenters. The third-order valence-corrected chi connectivity index (χ3v) is 9.96. The van der Waals surface area contributed by atoms with E-state index in [2.05, 4.69) is 16.0 Å². The van der Waals surface area contributed by atoms with Crippen molar-refractivity contribution in [3.8, 4) is 11.1 Å². The highest BCUT2D eigenvalue weighted by molar-refractivity contribution is 7.62. The van der Waals surface area contributed by atoms with Gasteiger partial charge in [-0.25, -0.2) is 14.0 Å². The largest absolute Gasteiger partial charge is 0.442 e. The number of urea groups is 1.